The van der Waals surface area contributed by atoms with Gasteiger partial charge in [-0.05, 0) is 35.0 Å². The van der Waals surface area contributed by atoms with Crippen molar-refractivity contribution in [2.24, 2.45) is 0 Å². The van der Waals surface area contributed by atoms with Crippen LogP contribution in [0.4, 0.5) is 0 Å². The van der Waals surface area contributed by atoms with Crippen molar-refractivity contribution in [2.45, 2.75) is 39.4 Å². The number of halogens is 1. The van der Waals surface area contributed by atoms with Gasteiger partial charge in [-0.15, -0.1) is 0 Å². The maximum absolute atomic E-state index is 9.83. The quantitative estimate of drug-likeness (QED) is 0.656. The zero-order chi connectivity index (χ0) is 12.3. The highest BCUT2D eigenvalue weighted by molar-refractivity contribution is 14.1. The monoisotopic (exact) mass is 346 g/mol. The molecule has 5 heteroatoms. The molecule has 0 amide bonds. The van der Waals surface area contributed by atoms with Crippen LogP contribution in [0.1, 0.15) is 36.5 Å². The Morgan fingerprint density at radius 1 is 1.53 bits per heavy atom. The third-order valence-corrected chi connectivity index (χ3v) is 3.39. The van der Waals surface area contributed by atoms with Crippen molar-refractivity contribution in [2.75, 3.05) is 0 Å². The van der Waals surface area contributed by atoms with E-state index in [1.165, 1.54) is 5.56 Å². The van der Waals surface area contributed by atoms with Crippen molar-refractivity contribution >= 4 is 35.6 Å². The molecule has 1 aliphatic heterocycles. The zero-order valence-corrected chi connectivity index (χ0v) is 12.1. The number of unbranched alkanes of at least 4 members (excludes halogenated alkanes) is 1. The zero-order valence-electron chi connectivity index (χ0n) is 9.91. The van der Waals surface area contributed by atoms with E-state index in [4.69, 9.17) is 7.72 Å². The second-order valence-corrected chi connectivity index (χ2v) is 4.97. The summed E-state index contributed by atoms with van der Waals surface area (Å²) in [5, 5.41) is 9.83. The van der Waals surface area contributed by atoms with Crippen LogP contribution in [0.25, 0.3) is 0 Å². The van der Waals surface area contributed by atoms with Gasteiger partial charge in [0.05, 0.1) is 13.2 Å². The highest BCUT2D eigenvalue weighted by Crippen LogP contribution is 2.18. The predicted octanol–water partition coefficient (Wildman–Crippen LogP) is 2.11. The lowest BCUT2D eigenvalue weighted by Gasteiger charge is -2.10. The van der Waals surface area contributed by atoms with Crippen LogP contribution in [0, 0.1) is 0 Å². The molecule has 0 spiro atoms. The van der Waals surface area contributed by atoms with E-state index in [2.05, 4.69) is 19.1 Å². The molecule has 17 heavy (non-hydrogen) atoms. The van der Waals surface area contributed by atoms with Crippen molar-refractivity contribution in [1.29, 1.82) is 0 Å². The van der Waals surface area contributed by atoms with Crippen molar-refractivity contribution in [3.8, 4) is 0 Å². The number of hydrogen-bond acceptors (Lipinski definition) is 3. The molecule has 0 aliphatic carbocycles. The maximum atomic E-state index is 9.83. The fourth-order valence-electron chi connectivity index (χ4n) is 2.26. The molecular weight excluding hydrogens is 330 g/mol. The standard InChI is InChI=1S/C12H16BIO3/c1-2-3-4-10-5-9(7-17-14)6-11-8-16-13(15)12(10)11/h5-6,15H,2-4,7-8H2,1H3. The number of benzene rings is 1. The van der Waals surface area contributed by atoms with E-state index in [-0.39, 0.29) is 0 Å². The summed E-state index contributed by atoms with van der Waals surface area (Å²) in [6, 6.07) is 4.20. The lowest BCUT2D eigenvalue weighted by atomic mass is 9.74. The summed E-state index contributed by atoms with van der Waals surface area (Å²) in [7, 11) is -0.744. The molecule has 0 saturated heterocycles. The Kier molecular flexibility index (Phi) is 4.84. The van der Waals surface area contributed by atoms with Crippen molar-refractivity contribution in [3.05, 3.63) is 28.8 Å². The molecule has 0 fully saturated rings. The van der Waals surface area contributed by atoms with Gasteiger partial charge in [0.15, 0.2) is 0 Å². The second-order valence-electron chi connectivity index (χ2n) is 4.35. The molecule has 0 atom stereocenters. The molecule has 0 bridgehead atoms. The first-order valence-corrected chi connectivity index (χ1v) is 6.82. The van der Waals surface area contributed by atoms with Gasteiger partial charge in [0, 0.05) is 0 Å². The minimum absolute atomic E-state index is 0.505. The lowest BCUT2D eigenvalue weighted by molar-refractivity contribution is 0.275. The van der Waals surface area contributed by atoms with Crippen molar-refractivity contribution in [1.82, 2.24) is 0 Å². The Balaban J connectivity index is 2.32. The van der Waals surface area contributed by atoms with E-state index < -0.39 is 7.12 Å². The van der Waals surface area contributed by atoms with Crippen molar-refractivity contribution < 1.29 is 12.7 Å². The van der Waals surface area contributed by atoms with E-state index in [0.717, 1.165) is 35.9 Å². The van der Waals surface area contributed by atoms with Crippen LogP contribution in [0.3, 0.4) is 0 Å². The molecule has 0 radical (unpaired) electrons. The van der Waals surface area contributed by atoms with Crippen LogP contribution in [0.5, 0.6) is 0 Å². The molecule has 1 heterocycles. The summed E-state index contributed by atoms with van der Waals surface area (Å²) in [6.45, 7) is 3.28. The number of aryl methyl sites for hydroxylation is 1. The first-order chi connectivity index (χ1) is 8.26. The fourth-order valence-corrected chi connectivity index (χ4v) is 2.62. The Labute approximate surface area is 116 Å². The van der Waals surface area contributed by atoms with Crippen LogP contribution in [0.2, 0.25) is 0 Å². The molecule has 1 N–H and O–H groups in total. The van der Waals surface area contributed by atoms with Gasteiger partial charge >= 0.3 is 7.12 Å². The topological polar surface area (TPSA) is 38.7 Å². The van der Waals surface area contributed by atoms with Crippen molar-refractivity contribution in [3.63, 3.8) is 0 Å². The highest BCUT2D eigenvalue weighted by atomic mass is 127. The van der Waals surface area contributed by atoms with Crippen LogP contribution in [-0.2, 0) is 27.4 Å². The average molecular weight is 346 g/mol. The molecule has 0 unspecified atom stereocenters. The van der Waals surface area contributed by atoms with E-state index >= 15 is 0 Å². The van der Waals surface area contributed by atoms with Crippen LogP contribution < -0.4 is 5.46 Å². The minimum atomic E-state index is -0.744. The number of hydrogen-bond donors (Lipinski definition) is 1. The molecular formula is C12H16BIO3. The van der Waals surface area contributed by atoms with Crippen LogP contribution in [-0.4, -0.2) is 12.1 Å². The molecule has 0 saturated carbocycles. The Bertz CT molecular complexity index is 398. The maximum Gasteiger partial charge on any atom is 0.492 e. The Morgan fingerprint density at radius 2 is 2.35 bits per heavy atom. The van der Waals surface area contributed by atoms with E-state index in [9.17, 15) is 5.02 Å². The first kappa shape index (κ1) is 13.3. The molecule has 1 aromatic rings. The molecule has 1 aromatic carbocycles. The van der Waals surface area contributed by atoms with Gasteiger partial charge in [-0.25, -0.2) is 0 Å². The second kappa shape index (κ2) is 6.18. The average Bonchev–Trinajstić information content (AvgIpc) is 2.69. The van der Waals surface area contributed by atoms with Gasteiger partial charge in [0.2, 0.25) is 0 Å². The molecule has 0 aromatic heterocycles. The summed E-state index contributed by atoms with van der Waals surface area (Å²) in [5.74, 6) is 0. The lowest BCUT2D eigenvalue weighted by Crippen LogP contribution is -2.31. The SMILES string of the molecule is CCCCc1cc(COI)cc2c1B(O)OC2. The van der Waals surface area contributed by atoms with Gasteiger partial charge in [-0.3, -0.25) is 0 Å². The number of rotatable bonds is 5. The molecule has 3 nitrogen and oxygen atoms in total. The Morgan fingerprint density at radius 3 is 3.06 bits per heavy atom. The van der Waals surface area contributed by atoms with Crippen LogP contribution >= 0.6 is 23.0 Å². The Hall–Kier alpha value is -0.105. The highest BCUT2D eigenvalue weighted by Gasteiger charge is 2.30. The summed E-state index contributed by atoms with van der Waals surface area (Å²) < 4.78 is 10.4. The summed E-state index contributed by atoms with van der Waals surface area (Å²) in [6.07, 6.45) is 3.28. The van der Waals surface area contributed by atoms with E-state index in [1.807, 2.05) is 23.0 Å². The molecule has 1 aliphatic rings. The van der Waals surface area contributed by atoms with E-state index in [0.29, 0.717) is 13.2 Å². The minimum Gasteiger partial charge on any atom is -0.423 e. The third-order valence-electron chi connectivity index (χ3n) is 3.08. The summed E-state index contributed by atoms with van der Waals surface area (Å²) in [5.41, 5.74) is 4.45. The predicted molar refractivity (Wildman–Crippen MR) is 76.3 cm³/mol. The largest absolute Gasteiger partial charge is 0.492 e. The van der Waals surface area contributed by atoms with Gasteiger partial charge in [-0.1, -0.05) is 25.5 Å². The number of fused-ring (bicyclic) bond motifs is 1. The molecule has 2 rings (SSSR count). The van der Waals surface area contributed by atoms with Gasteiger partial charge in [0.25, 0.3) is 0 Å². The first-order valence-electron chi connectivity index (χ1n) is 5.94. The van der Waals surface area contributed by atoms with Crippen LogP contribution in [0.15, 0.2) is 12.1 Å². The van der Waals surface area contributed by atoms with E-state index in [1.54, 1.807) is 0 Å². The normalized spacial score (nSPS) is 14.2. The van der Waals surface area contributed by atoms with Gasteiger partial charge in [0.1, 0.15) is 23.0 Å². The summed E-state index contributed by atoms with van der Waals surface area (Å²) in [4.78, 5) is 0. The molecule has 92 valence electrons. The third kappa shape index (κ3) is 3.02. The van der Waals surface area contributed by atoms with Gasteiger partial charge < -0.3 is 12.7 Å². The summed E-state index contributed by atoms with van der Waals surface area (Å²) >= 11 is 1.90. The smallest absolute Gasteiger partial charge is 0.423 e. The van der Waals surface area contributed by atoms with Gasteiger partial charge in [-0.2, -0.15) is 0 Å². The fraction of sp³-hybridized carbons (Fsp3) is 0.500.